The minimum absolute atomic E-state index is 0.262. The molecule has 0 saturated heterocycles. The van der Waals surface area contributed by atoms with Crippen molar-refractivity contribution in [2.24, 2.45) is 5.92 Å². The third-order valence-corrected chi connectivity index (χ3v) is 7.64. The van der Waals surface area contributed by atoms with Crippen LogP contribution >= 0.6 is 11.8 Å². The Hall–Kier alpha value is -1.54. The number of aryl methyl sites for hydroxylation is 2. The highest BCUT2D eigenvalue weighted by Gasteiger charge is 2.47. The molecule has 0 heterocycles. The van der Waals surface area contributed by atoms with Gasteiger partial charge in [0, 0.05) is 17.9 Å². The highest BCUT2D eigenvalue weighted by molar-refractivity contribution is 7.98. The van der Waals surface area contributed by atoms with Gasteiger partial charge in [-0.3, -0.25) is 4.79 Å². The lowest BCUT2D eigenvalue weighted by molar-refractivity contribution is -0.123. The van der Waals surface area contributed by atoms with Crippen LogP contribution in [0.15, 0.2) is 17.0 Å². The van der Waals surface area contributed by atoms with Crippen LogP contribution < -0.4 is 4.74 Å². The first-order valence-electron chi connectivity index (χ1n) is 8.17. The van der Waals surface area contributed by atoms with Crippen LogP contribution in [0, 0.1) is 19.8 Å². The van der Waals surface area contributed by atoms with Crippen LogP contribution in [-0.2, 0) is 14.8 Å². The lowest BCUT2D eigenvalue weighted by atomic mass is 9.98. The first-order chi connectivity index (χ1) is 11.8. The van der Waals surface area contributed by atoms with E-state index in [0.29, 0.717) is 4.31 Å². The number of carbonyl (C=O) groups excluding carboxylic acids is 2. The van der Waals surface area contributed by atoms with Gasteiger partial charge in [0.2, 0.25) is 0 Å². The molecule has 0 saturated carbocycles. The number of carbonyl (C=O) groups is 2. The van der Waals surface area contributed by atoms with E-state index in [4.69, 9.17) is 4.74 Å². The molecular formula is C18H27NO5S2. The van der Waals surface area contributed by atoms with Crippen molar-refractivity contribution >= 4 is 33.7 Å². The normalized spacial score (nSPS) is 12.2. The van der Waals surface area contributed by atoms with Crippen LogP contribution in [0.25, 0.3) is 0 Å². The number of sulfonamides is 1. The summed E-state index contributed by atoms with van der Waals surface area (Å²) in [6.45, 7) is 9.63. The van der Waals surface area contributed by atoms with Gasteiger partial charge in [0.25, 0.3) is 10.0 Å². The molecule has 0 aliphatic heterocycles. The van der Waals surface area contributed by atoms with Crippen LogP contribution in [0.5, 0.6) is 5.75 Å². The summed E-state index contributed by atoms with van der Waals surface area (Å²) in [5.41, 5.74) is 1.86. The Labute approximate surface area is 160 Å². The Kier molecular flexibility index (Phi) is 6.92. The summed E-state index contributed by atoms with van der Waals surface area (Å²) < 4.78 is 29.5. The van der Waals surface area contributed by atoms with Crippen LogP contribution in [0.1, 0.15) is 38.8 Å². The number of ketones is 1. The van der Waals surface area contributed by atoms with Crippen molar-refractivity contribution in [3.8, 4) is 5.75 Å². The van der Waals surface area contributed by atoms with Crippen molar-refractivity contribution in [1.29, 1.82) is 0 Å². The number of thioether (sulfide) groups is 1. The van der Waals surface area contributed by atoms with Crippen LogP contribution in [0.2, 0.25) is 0 Å². The van der Waals surface area contributed by atoms with E-state index in [1.807, 2.05) is 20.1 Å². The number of rotatable bonds is 6. The third kappa shape index (κ3) is 4.23. The smallest absolute Gasteiger partial charge is 0.409 e. The minimum atomic E-state index is -4.23. The molecule has 0 aliphatic rings. The Morgan fingerprint density at radius 1 is 1.15 bits per heavy atom. The van der Waals surface area contributed by atoms with E-state index >= 15 is 0 Å². The first-order valence-corrected chi connectivity index (χ1v) is 10.8. The maximum absolute atomic E-state index is 12.8. The maximum Gasteiger partial charge on any atom is 0.428 e. The van der Waals surface area contributed by atoms with E-state index in [2.05, 4.69) is 0 Å². The lowest BCUT2D eigenvalue weighted by Crippen LogP contribution is -2.52. The molecular weight excluding hydrogens is 374 g/mol. The number of nitrogens with zero attached hydrogens (tertiary/aromatic N) is 1. The molecule has 1 aromatic rings. The largest absolute Gasteiger partial charge is 0.428 e. The molecule has 146 valence electrons. The van der Waals surface area contributed by atoms with Gasteiger partial charge in [0.1, 0.15) is 10.5 Å². The zero-order chi connectivity index (χ0) is 20.4. The molecule has 1 aromatic carbocycles. The zero-order valence-electron chi connectivity index (χ0n) is 16.5. The fourth-order valence-corrected chi connectivity index (χ4v) is 4.89. The predicted molar refractivity (Wildman–Crippen MR) is 104 cm³/mol. The van der Waals surface area contributed by atoms with Gasteiger partial charge in [-0.1, -0.05) is 13.8 Å². The SMILES string of the molecule is CSc1c(C)cc(OC(=O)N(C)S(=O)(=O)C(C)(C)C(=O)C(C)C)cc1C. The van der Waals surface area contributed by atoms with Crippen molar-refractivity contribution in [3.63, 3.8) is 0 Å². The van der Waals surface area contributed by atoms with E-state index in [9.17, 15) is 18.0 Å². The topological polar surface area (TPSA) is 80.8 Å². The van der Waals surface area contributed by atoms with E-state index in [-0.39, 0.29) is 5.75 Å². The summed E-state index contributed by atoms with van der Waals surface area (Å²) in [6, 6.07) is 3.36. The molecule has 0 fully saturated rings. The van der Waals surface area contributed by atoms with Crippen molar-refractivity contribution in [3.05, 3.63) is 23.3 Å². The van der Waals surface area contributed by atoms with Crippen molar-refractivity contribution in [2.75, 3.05) is 13.3 Å². The highest BCUT2D eigenvalue weighted by atomic mass is 32.2. The molecule has 8 heteroatoms. The summed E-state index contributed by atoms with van der Waals surface area (Å²) in [7, 11) is -3.13. The fraction of sp³-hybridized carbons (Fsp3) is 0.556. The van der Waals surface area contributed by atoms with E-state index in [0.717, 1.165) is 23.1 Å². The molecule has 0 N–H and O–H groups in total. The number of benzene rings is 1. The zero-order valence-corrected chi connectivity index (χ0v) is 18.2. The predicted octanol–water partition coefficient (Wildman–Crippen LogP) is 3.79. The van der Waals surface area contributed by atoms with Gasteiger partial charge in [-0.2, -0.15) is 0 Å². The number of ether oxygens (including phenoxy) is 1. The van der Waals surface area contributed by atoms with Gasteiger partial charge in [0.15, 0.2) is 5.78 Å². The summed E-state index contributed by atoms with van der Waals surface area (Å²) in [5.74, 6) is -0.681. The van der Waals surface area contributed by atoms with E-state index in [1.165, 1.54) is 13.8 Å². The van der Waals surface area contributed by atoms with Crippen molar-refractivity contribution < 1.29 is 22.7 Å². The summed E-state index contributed by atoms with van der Waals surface area (Å²) in [6.07, 6.45) is 0.903. The van der Waals surface area contributed by atoms with Crippen LogP contribution in [-0.4, -0.2) is 42.6 Å². The average molecular weight is 402 g/mol. The Bertz CT molecular complexity index is 790. The molecule has 0 radical (unpaired) electrons. The second-order valence-corrected chi connectivity index (χ2v) is 10.3. The highest BCUT2D eigenvalue weighted by Crippen LogP contribution is 2.30. The second-order valence-electron chi connectivity index (χ2n) is 6.96. The van der Waals surface area contributed by atoms with Crippen LogP contribution in [0.4, 0.5) is 4.79 Å². The molecule has 0 spiro atoms. The standard InChI is InChI=1S/C18H27NO5S2/c1-11(2)16(20)18(5,6)26(22,23)19(7)17(21)24-14-9-12(3)15(25-8)13(4)10-14/h9-11H,1-8H3. The van der Waals surface area contributed by atoms with Crippen LogP contribution in [0.3, 0.4) is 0 Å². The van der Waals surface area contributed by atoms with Gasteiger partial charge in [-0.25, -0.2) is 17.5 Å². The summed E-state index contributed by atoms with van der Waals surface area (Å²) in [5, 5.41) is 0. The Morgan fingerprint density at radius 3 is 2.00 bits per heavy atom. The number of Topliss-reactive ketones (excluding diaryl/α,β-unsaturated/α-hetero) is 1. The quantitative estimate of drug-likeness (QED) is 0.675. The van der Waals surface area contributed by atoms with Gasteiger partial charge >= 0.3 is 6.09 Å². The molecule has 0 bridgehead atoms. The van der Waals surface area contributed by atoms with Gasteiger partial charge in [0.05, 0.1) is 0 Å². The van der Waals surface area contributed by atoms with Gasteiger partial charge in [-0.15, -0.1) is 11.8 Å². The molecule has 26 heavy (non-hydrogen) atoms. The molecule has 0 aliphatic carbocycles. The molecule has 0 unspecified atom stereocenters. The summed E-state index contributed by atoms with van der Waals surface area (Å²) >= 11 is 1.59. The second kappa shape index (κ2) is 8.00. The summed E-state index contributed by atoms with van der Waals surface area (Å²) in [4.78, 5) is 25.8. The van der Waals surface area contributed by atoms with E-state index in [1.54, 1.807) is 37.7 Å². The minimum Gasteiger partial charge on any atom is -0.409 e. The van der Waals surface area contributed by atoms with Gasteiger partial charge < -0.3 is 4.74 Å². The van der Waals surface area contributed by atoms with Gasteiger partial charge in [-0.05, 0) is 57.2 Å². The monoisotopic (exact) mass is 401 g/mol. The first kappa shape index (κ1) is 22.5. The van der Waals surface area contributed by atoms with Crippen molar-refractivity contribution in [1.82, 2.24) is 4.31 Å². The third-order valence-electron chi connectivity index (χ3n) is 4.22. The number of hydrogen-bond donors (Lipinski definition) is 0. The molecule has 1 amide bonds. The van der Waals surface area contributed by atoms with E-state index < -0.39 is 32.6 Å². The average Bonchev–Trinajstić information content (AvgIpc) is 2.52. The van der Waals surface area contributed by atoms with Crippen molar-refractivity contribution in [2.45, 2.75) is 51.2 Å². The molecule has 0 atom stereocenters. The molecule has 1 rings (SSSR count). The molecule has 6 nitrogen and oxygen atoms in total. The lowest BCUT2D eigenvalue weighted by Gasteiger charge is -2.29. The Morgan fingerprint density at radius 2 is 1.62 bits per heavy atom. The maximum atomic E-state index is 12.8. The Balaban J connectivity index is 3.13. The fourth-order valence-electron chi connectivity index (χ4n) is 2.72. The number of hydrogen-bond acceptors (Lipinski definition) is 6. The number of amides is 1. The molecule has 0 aromatic heterocycles.